The fourth-order valence-electron chi connectivity index (χ4n) is 3.46. The van der Waals surface area contributed by atoms with E-state index in [4.69, 9.17) is 16.0 Å². The van der Waals surface area contributed by atoms with E-state index in [0.29, 0.717) is 30.5 Å². The van der Waals surface area contributed by atoms with E-state index >= 15 is 0 Å². The lowest BCUT2D eigenvalue weighted by atomic mass is 10.1. The highest BCUT2D eigenvalue weighted by atomic mass is 35.5. The average molecular weight is 464 g/mol. The maximum atomic E-state index is 13.0. The molecule has 4 rings (SSSR count). The van der Waals surface area contributed by atoms with Crippen LogP contribution in [0.4, 0.5) is 4.39 Å². The van der Waals surface area contributed by atoms with Crippen LogP contribution in [-0.2, 0) is 26.2 Å². The van der Waals surface area contributed by atoms with Gasteiger partial charge in [0.1, 0.15) is 12.1 Å². The number of benzene rings is 3. The Morgan fingerprint density at radius 1 is 0.909 bits per heavy atom. The van der Waals surface area contributed by atoms with E-state index in [9.17, 15) is 9.18 Å². The van der Waals surface area contributed by atoms with Crippen LogP contribution in [0.1, 0.15) is 33.1 Å². The molecule has 1 aromatic heterocycles. The first kappa shape index (κ1) is 22.7. The van der Waals surface area contributed by atoms with Gasteiger partial charge in [0.25, 0.3) is 5.91 Å². The first-order valence-electron chi connectivity index (χ1n) is 10.5. The molecule has 1 amide bonds. The summed E-state index contributed by atoms with van der Waals surface area (Å²) in [5.41, 5.74) is 3.23. The van der Waals surface area contributed by atoms with Gasteiger partial charge in [-0.1, -0.05) is 66.2 Å². The number of halogens is 2. The van der Waals surface area contributed by atoms with Crippen LogP contribution in [0.3, 0.4) is 0 Å². The number of aromatic nitrogens is 1. The highest BCUT2D eigenvalue weighted by molar-refractivity contribution is 6.30. The number of carbonyl (C=O) groups is 1. The van der Waals surface area contributed by atoms with Crippen molar-refractivity contribution in [2.45, 2.75) is 26.2 Å². The second-order valence-electron chi connectivity index (χ2n) is 7.70. The number of oxazole rings is 1. The summed E-state index contributed by atoms with van der Waals surface area (Å²) in [4.78, 5) is 19.0. The van der Waals surface area contributed by atoms with E-state index in [1.54, 1.807) is 12.1 Å². The van der Waals surface area contributed by atoms with Crippen molar-refractivity contribution in [3.8, 4) is 0 Å². The van der Waals surface area contributed by atoms with Crippen molar-refractivity contribution >= 4 is 17.5 Å². The van der Waals surface area contributed by atoms with E-state index in [2.05, 4.69) is 27.3 Å². The van der Waals surface area contributed by atoms with Gasteiger partial charge in [0.15, 0.2) is 5.69 Å². The van der Waals surface area contributed by atoms with Crippen LogP contribution in [0.2, 0.25) is 5.02 Å². The highest BCUT2D eigenvalue weighted by Crippen LogP contribution is 2.17. The molecule has 0 aliphatic carbocycles. The Morgan fingerprint density at radius 2 is 1.64 bits per heavy atom. The van der Waals surface area contributed by atoms with Gasteiger partial charge in [-0.3, -0.25) is 9.69 Å². The zero-order valence-corrected chi connectivity index (χ0v) is 18.6. The van der Waals surface area contributed by atoms with Crippen LogP contribution in [-0.4, -0.2) is 15.8 Å². The Labute approximate surface area is 196 Å². The molecule has 0 saturated heterocycles. The highest BCUT2D eigenvalue weighted by Gasteiger charge is 2.16. The standard InChI is InChI=1S/C26H23ClFN3O2/c27-22-8-4-7-21(13-22)16-31(15-20-5-2-1-3-6-20)17-25-30-24(18-33-25)26(32)29-14-19-9-11-23(28)12-10-19/h1-13,18H,14-17H2,(H,29,32). The van der Waals surface area contributed by atoms with E-state index in [0.717, 1.165) is 16.7 Å². The zero-order chi connectivity index (χ0) is 23.0. The molecule has 168 valence electrons. The van der Waals surface area contributed by atoms with E-state index in [-0.39, 0.29) is 24.0 Å². The summed E-state index contributed by atoms with van der Waals surface area (Å²) >= 11 is 6.16. The fourth-order valence-corrected chi connectivity index (χ4v) is 3.67. The molecule has 33 heavy (non-hydrogen) atoms. The van der Waals surface area contributed by atoms with E-state index < -0.39 is 0 Å². The molecule has 0 unspecified atom stereocenters. The molecule has 0 bridgehead atoms. The minimum Gasteiger partial charge on any atom is -0.447 e. The number of hydrogen-bond acceptors (Lipinski definition) is 4. The van der Waals surface area contributed by atoms with Crippen molar-refractivity contribution in [2.75, 3.05) is 0 Å². The first-order valence-corrected chi connectivity index (χ1v) is 10.9. The second-order valence-corrected chi connectivity index (χ2v) is 8.13. The Bertz CT molecular complexity index is 1200. The largest absolute Gasteiger partial charge is 0.447 e. The number of rotatable bonds is 9. The van der Waals surface area contributed by atoms with Crippen molar-refractivity contribution in [1.82, 2.24) is 15.2 Å². The van der Waals surface area contributed by atoms with Crippen molar-refractivity contribution in [3.63, 3.8) is 0 Å². The van der Waals surface area contributed by atoms with E-state index in [1.807, 2.05) is 42.5 Å². The minimum absolute atomic E-state index is 0.203. The SMILES string of the molecule is O=C(NCc1ccc(F)cc1)c1coc(CN(Cc2ccccc2)Cc2cccc(Cl)c2)n1. The maximum Gasteiger partial charge on any atom is 0.273 e. The summed E-state index contributed by atoms with van der Waals surface area (Å²) in [6.45, 7) is 2.02. The number of amides is 1. The molecule has 0 atom stereocenters. The third-order valence-electron chi connectivity index (χ3n) is 5.05. The van der Waals surface area contributed by atoms with Gasteiger partial charge in [0.05, 0.1) is 6.54 Å². The third kappa shape index (κ3) is 6.75. The first-order chi connectivity index (χ1) is 16.0. The van der Waals surface area contributed by atoms with Gasteiger partial charge in [-0.05, 0) is 41.0 Å². The Kier molecular flexibility index (Phi) is 7.50. The second kappa shape index (κ2) is 10.9. The van der Waals surface area contributed by atoms with Crippen molar-refractivity contribution in [1.29, 1.82) is 0 Å². The molecule has 0 fully saturated rings. The predicted molar refractivity (Wildman–Crippen MR) is 125 cm³/mol. The fraction of sp³-hybridized carbons (Fsp3) is 0.154. The lowest BCUT2D eigenvalue weighted by Gasteiger charge is -2.21. The topological polar surface area (TPSA) is 58.4 Å². The molecule has 0 spiro atoms. The van der Waals surface area contributed by atoms with Crippen LogP contribution in [0, 0.1) is 5.82 Å². The molecule has 7 heteroatoms. The quantitative estimate of drug-likeness (QED) is 0.351. The van der Waals surface area contributed by atoms with Gasteiger partial charge < -0.3 is 9.73 Å². The predicted octanol–water partition coefficient (Wildman–Crippen LogP) is 5.60. The minimum atomic E-state index is -0.348. The van der Waals surface area contributed by atoms with Crippen LogP contribution in [0.5, 0.6) is 0 Å². The Hall–Kier alpha value is -3.48. The molecule has 0 aliphatic rings. The summed E-state index contributed by atoms with van der Waals surface area (Å²) in [7, 11) is 0. The van der Waals surface area contributed by atoms with Crippen LogP contribution < -0.4 is 5.32 Å². The van der Waals surface area contributed by atoms with Crippen molar-refractivity contribution in [2.24, 2.45) is 0 Å². The van der Waals surface area contributed by atoms with Gasteiger partial charge in [-0.2, -0.15) is 0 Å². The smallest absolute Gasteiger partial charge is 0.273 e. The molecule has 1 heterocycles. The zero-order valence-electron chi connectivity index (χ0n) is 17.9. The monoisotopic (exact) mass is 463 g/mol. The van der Waals surface area contributed by atoms with Gasteiger partial charge in [0, 0.05) is 24.7 Å². The van der Waals surface area contributed by atoms with Crippen LogP contribution in [0.25, 0.3) is 0 Å². The van der Waals surface area contributed by atoms with Gasteiger partial charge in [0.2, 0.25) is 5.89 Å². The molecular weight excluding hydrogens is 441 g/mol. The Balaban J connectivity index is 1.42. The van der Waals surface area contributed by atoms with Gasteiger partial charge in [-0.15, -0.1) is 0 Å². The Morgan fingerprint density at radius 3 is 2.39 bits per heavy atom. The summed E-state index contributed by atoms with van der Waals surface area (Å²) in [5, 5.41) is 3.46. The molecule has 0 saturated carbocycles. The summed E-state index contributed by atoms with van der Waals surface area (Å²) in [5.74, 6) is -0.220. The average Bonchev–Trinajstić information content (AvgIpc) is 3.28. The van der Waals surface area contributed by atoms with Crippen molar-refractivity contribution in [3.05, 3.63) is 124 Å². The molecular formula is C26H23ClFN3O2. The molecule has 0 aliphatic heterocycles. The van der Waals surface area contributed by atoms with Crippen LogP contribution >= 0.6 is 11.6 Å². The normalized spacial score (nSPS) is 11.0. The number of hydrogen-bond donors (Lipinski definition) is 1. The van der Waals surface area contributed by atoms with E-state index in [1.165, 1.54) is 18.4 Å². The molecule has 5 nitrogen and oxygen atoms in total. The van der Waals surface area contributed by atoms with Crippen molar-refractivity contribution < 1.29 is 13.6 Å². The van der Waals surface area contributed by atoms with Gasteiger partial charge in [-0.25, -0.2) is 9.37 Å². The molecule has 0 radical (unpaired) electrons. The number of nitrogens with one attached hydrogen (secondary N) is 1. The maximum absolute atomic E-state index is 13.0. The molecule has 3 aromatic carbocycles. The third-order valence-corrected chi connectivity index (χ3v) is 5.29. The summed E-state index contributed by atoms with van der Waals surface area (Å²) in [6, 6.07) is 23.8. The summed E-state index contributed by atoms with van der Waals surface area (Å²) in [6.07, 6.45) is 1.36. The number of nitrogens with zero attached hydrogens (tertiary/aromatic N) is 2. The number of carbonyl (C=O) groups excluding carboxylic acids is 1. The summed E-state index contributed by atoms with van der Waals surface area (Å²) < 4.78 is 18.6. The lowest BCUT2D eigenvalue weighted by molar-refractivity contribution is 0.0945. The molecule has 4 aromatic rings. The van der Waals surface area contributed by atoms with Gasteiger partial charge >= 0.3 is 0 Å². The van der Waals surface area contributed by atoms with Crippen LogP contribution in [0.15, 0.2) is 89.5 Å². The lowest BCUT2D eigenvalue weighted by Crippen LogP contribution is -2.24. The molecule has 1 N–H and O–H groups in total.